The van der Waals surface area contributed by atoms with Gasteiger partial charge in [0, 0.05) is 59.9 Å². The van der Waals surface area contributed by atoms with Gasteiger partial charge in [0.15, 0.2) is 0 Å². The molecule has 11 rings (SSSR count). The van der Waals surface area contributed by atoms with Gasteiger partial charge in [-0.2, -0.15) is 0 Å². The van der Waals surface area contributed by atoms with Crippen LogP contribution in [0, 0.1) is 0 Å². The number of fused-ring (bicyclic) bond motifs is 10. The maximum Gasteiger partial charge on any atom is 0.0544 e. The predicted octanol–water partition coefficient (Wildman–Crippen LogP) is 14.4. The quantitative estimate of drug-likeness (QED) is 0.170. The minimum atomic E-state index is -0.256. The molecule has 0 N–H and O–H groups in total. The summed E-state index contributed by atoms with van der Waals surface area (Å²) in [6.07, 6.45) is 0. The SMILES string of the molecule is CC1(C)c2cc(N(c3ccccc3)c3ccc4c(c3)c3ccccc3n4-c3ccccc3)ccc2-c2ccc3c(c21)c1cc(Br)ccc1n3-c1ccccc1. The largest absolute Gasteiger partial charge is 0.310 e. The molecule has 0 spiro atoms. The zero-order valence-corrected chi connectivity index (χ0v) is 32.1. The first kappa shape index (κ1) is 32.1. The zero-order chi connectivity index (χ0) is 36.8. The highest BCUT2D eigenvalue weighted by Crippen LogP contribution is 2.55. The Labute approximate surface area is 328 Å². The Hall–Kier alpha value is -6.36. The van der Waals surface area contributed by atoms with E-state index in [2.05, 4.69) is 226 Å². The number of benzene rings is 8. The third-order valence-electron chi connectivity index (χ3n) is 11.7. The molecule has 0 amide bonds. The van der Waals surface area contributed by atoms with Crippen LogP contribution in [0.5, 0.6) is 0 Å². The fourth-order valence-corrected chi connectivity index (χ4v) is 9.71. The monoisotopic (exact) mass is 769 g/mol. The van der Waals surface area contributed by atoms with Gasteiger partial charge in [-0.05, 0) is 119 Å². The second kappa shape index (κ2) is 12.1. The van der Waals surface area contributed by atoms with Gasteiger partial charge in [0.1, 0.15) is 0 Å². The van der Waals surface area contributed by atoms with E-state index in [-0.39, 0.29) is 5.41 Å². The molecule has 2 aromatic heterocycles. The van der Waals surface area contributed by atoms with Crippen molar-refractivity contribution in [3.8, 4) is 22.5 Å². The van der Waals surface area contributed by atoms with Crippen molar-refractivity contribution < 1.29 is 0 Å². The summed E-state index contributed by atoms with van der Waals surface area (Å²) in [6, 6.07) is 66.4. The van der Waals surface area contributed by atoms with E-state index in [0.717, 1.165) is 27.2 Å². The molecule has 3 nitrogen and oxygen atoms in total. The molecule has 2 heterocycles. The first-order valence-corrected chi connectivity index (χ1v) is 19.7. The number of rotatable bonds is 5. The minimum Gasteiger partial charge on any atom is -0.310 e. The minimum absolute atomic E-state index is 0.256. The second-order valence-corrected chi connectivity index (χ2v) is 16.0. The van der Waals surface area contributed by atoms with Crippen molar-refractivity contribution in [3.05, 3.63) is 198 Å². The molecule has 0 radical (unpaired) electrons. The molecule has 10 aromatic rings. The first-order chi connectivity index (χ1) is 27.0. The van der Waals surface area contributed by atoms with Gasteiger partial charge in [0.25, 0.3) is 0 Å². The standard InChI is InChI=1S/C51H36BrN3/c1-51(2)44-32-38(23-25-39(44)41-26-29-48-49(50(41)51)43-30-33(52)22-27-47(43)55(48)36-18-10-5-11-19-36)53(34-14-6-3-7-15-34)37-24-28-46-42(31-37)40-20-12-13-21-45(40)54(46)35-16-8-4-9-17-35/h3-32H,1-2H3. The van der Waals surface area contributed by atoms with Crippen LogP contribution in [-0.4, -0.2) is 9.13 Å². The average molecular weight is 771 g/mol. The zero-order valence-electron chi connectivity index (χ0n) is 30.5. The third kappa shape index (κ3) is 4.74. The fourth-order valence-electron chi connectivity index (χ4n) is 9.35. The van der Waals surface area contributed by atoms with Crippen LogP contribution in [0.2, 0.25) is 0 Å². The summed E-state index contributed by atoms with van der Waals surface area (Å²) >= 11 is 3.82. The van der Waals surface area contributed by atoms with Crippen LogP contribution in [0.25, 0.3) is 66.1 Å². The topological polar surface area (TPSA) is 13.1 Å². The maximum absolute atomic E-state index is 3.82. The molecule has 1 aliphatic carbocycles. The summed E-state index contributed by atoms with van der Waals surface area (Å²) < 4.78 is 5.89. The molecule has 0 atom stereocenters. The maximum atomic E-state index is 3.82. The highest BCUT2D eigenvalue weighted by molar-refractivity contribution is 9.10. The molecule has 0 fully saturated rings. The van der Waals surface area contributed by atoms with Crippen LogP contribution in [0.15, 0.2) is 186 Å². The van der Waals surface area contributed by atoms with Crippen molar-refractivity contribution >= 4 is 76.6 Å². The van der Waals surface area contributed by atoms with E-state index in [4.69, 9.17) is 0 Å². The van der Waals surface area contributed by atoms with Crippen LogP contribution in [0.3, 0.4) is 0 Å². The van der Waals surface area contributed by atoms with E-state index in [0.29, 0.717) is 0 Å². The van der Waals surface area contributed by atoms with Gasteiger partial charge < -0.3 is 14.0 Å². The lowest BCUT2D eigenvalue weighted by Crippen LogP contribution is -2.17. The summed E-state index contributed by atoms with van der Waals surface area (Å²) in [6.45, 7) is 4.81. The van der Waals surface area contributed by atoms with E-state index in [1.165, 1.54) is 71.6 Å². The van der Waals surface area contributed by atoms with E-state index in [9.17, 15) is 0 Å². The van der Waals surface area contributed by atoms with Gasteiger partial charge in [-0.3, -0.25) is 0 Å². The third-order valence-corrected chi connectivity index (χ3v) is 12.2. The summed E-state index contributed by atoms with van der Waals surface area (Å²) in [5, 5.41) is 5.06. The fraction of sp³-hybridized carbons (Fsp3) is 0.0588. The molecule has 8 aromatic carbocycles. The van der Waals surface area contributed by atoms with E-state index in [1.54, 1.807) is 0 Å². The van der Waals surface area contributed by atoms with E-state index >= 15 is 0 Å². The van der Waals surface area contributed by atoms with E-state index in [1.807, 2.05) is 0 Å². The van der Waals surface area contributed by atoms with Crippen LogP contribution in [0.1, 0.15) is 25.0 Å². The number of aromatic nitrogens is 2. The van der Waals surface area contributed by atoms with Crippen molar-refractivity contribution in [3.63, 3.8) is 0 Å². The smallest absolute Gasteiger partial charge is 0.0544 e. The molecule has 55 heavy (non-hydrogen) atoms. The second-order valence-electron chi connectivity index (χ2n) is 15.1. The summed E-state index contributed by atoms with van der Waals surface area (Å²) in [7, 11) is 0. The number of nitrogens with zero attached hydrogens (tertiary/aromatic N) is 3. The van der Waals surface area contributed by atoms with Gasteiger partial charge in [-0.25, -0.2) is 0 Å². The summed E-state index contributed by atoms with van der Waals surface area (Å²) in [5.41, 5.74) is 15.6. The summed E-state index contributed by atoms with van der Waals surface area (Å²) in [4.78, 5) is 2.42. The Balaban J connectivity index is 1.11. The lowest BCUT2D eigenvalue weighted by Gasteiger charge is -2.28. The van der Waals surface area contributed by atoms with Crippen molar-refractivity contribution in [2.75, 3.05) is 4.90 Å². The molecule has 262 valence electrons. The summed E-state index contributed by atoms with van der Waals surface area (Å²) in [5.74, 6) is 0. The van der Waals surface area contributed by atoms with Crippen LogP contribution in [0.4, 0.5) is 17.1 Å². The molecule has 0 aliphatic heterocycles. The van der Waals surface area contributed by atoms with Gasteiger partial charge in [0.2, 0.25) is 0 Å². The van der Waals surface area contributed by atoms with Gasteiger partial charge in [0.05, 0.1) is 22.1 Å². The highest BCUT2D eigenvalue weighted by atomic mass is 79.9. The normalized spacial score (nSPS) is 13.1. The van der Waals surface area contributed by atoms with Crippen LogP contribution < -0.4 is 4.90 Å². The average Bonchev–Trinajstić information content (AvgIpc) is 3.81. The molecule has 4 heteroatoms. The molecule has 0 saturated carbocycles. The molecule has 0 saturated heterocycles. The Bertz CT molecular complexity index is 3120. The number of halogens is 1. The Morgan fingerprint density at radius 3 is 1.73 bits per heavy atom. The number of anilines is 3. The predicted molar refractivity (Wildman–Crippen MR) is 235 cm³/mol. The van der Waals surface area contributed by atoms with E-state index < -0.39 is 0 Å². The highest BCUT2D eigenvalue weighted by Gasteiger charge is 2.39. The van der Waals surface area contributed by atoms with Gasteiger partial charge >= 0.3 is 0 Å². The van der Waals surface area contributed by atoms with Crippen molar-refractivity contribution in [1.29, 1.82) is 0 Å². The number of hydrogen-bond donors (Lipinski definition) is 0. The van der Waals surface area contributed by atoms with Crippen molar-refractivity contribution in [1.82, 2.24) is 9.13 Å². The lowest BCUT2D eigenvalue weighted by molar-refractivity contribution is 0.666. The molecule has 1 aliphatic rings. The van der Waals surface area contributed by atoms with Gasteiger partial charge in [-0.1, -0.05) is 115 Å². The van der Waals surface area contributed by atoms with Crippen LogP contribution >= 0.6 is 15.9 Å². The molecular weight excluding hydrogens is 734 g/mol. The Morgan fingerprint density at radius 2 is 0.982 bits per heavy atom. The Kier molecular flexibility index (Phi) is 7.05. The molecule has 0 bridgehead atoms. The van der Waals surface area contributed by atoms with Crippen LogP contribution in [-0.2, 0) is 5.41 Å². The first-order valence-electron chi connectivity index (χ1n) is 18.9. The number of para-hydroxylation sites is 4. The van der Waals surface area contributed by atoms with Crippen molar-refractivity contribution in [2.24, 2.45) is 0 Å². The number of hydrogen-bond acceptors (Lipinski definition) is 1. The van der Waals surface area contributed by atoms with Gasteiger partial charge in [-0.15, -0.1) is 0 Å². The molecule has 0 unspecified atom stereocenters. The van der Waals surface area contributed by atoms with Crippen molar-refractivity contribution in [2.45, 2.75) is 19.3 Å². The molecular formula is C51H36BrN3. The Morgan fingerprint density at radius 1 is 0.436 bits per heavy atom. The lowest BCUT2D eigenvalue weighted by atomic mass is 9.80.